The molecule has 1 aromatic rings. The van der Waals surface area contributed by atoms with E-state index in [9.17, 15) is 4.79 Å². The molecule has 0 saturated carbocycles. The maximum absolute atomic E-state index is 11.8. The Balaban J connectivity index is 2.91. The fourth-order valence-corrected chi connectivity index (χ4v) is 1.62. The average molecular weight is 234 g/mol. The molecule has 0 radical (unpaired) electrons. The lowest BCUT2D eigenvalue weighted by Gasteiger charge is -2.16. The molecule has 1 rings (SSSR count). The maximum Gasteiger partial charge on any atom is 0.313 e. The maximum atomic E-state index is 11.8. The molecule has 1 atom stereocenters. The van der Waals surface area contributed by atoms with Gasteiger partial charge in [-0.05, 0) is 13.3 Å². The summed E-state index contributed by atoms with van der Waals surface area (Å²) < 4.78 is 6.86. The van der Waals surface area contributed by atoms with Gasteiger partial charge in [0, 0.05) is 25.0 Å². The number of allylic oxidation sites excluding steroid dienone is 1. The molecule has 0 N–H and O–H groups in total. The number of aromatic nitrogens is 2. The number of esters is 1. The fourth-order valence-electron chi connectivity index (χ4n) is 1.62. The van der Waals surface area contributed by atoms with Gasteiger partial charge in [0.1, 0.15) is 5.82 Å². The third-order valence-corrected chi connectivity index (χ3v) is 2.50. The summed E-state index contributed by atoms with van der Waals surface area (Å²) >= 11 is 0. The molecule has 0 spiro atoms. The Bertz CT molecular complexity index is 421. The normalized spacial score (nSPS) is 11.9. The molecule has 0 aliphatic carbocycles. The minimum absolute atomic E-state index is 0.277. The molecule has 4 nitrogen and oxygen atoms in total. The Labute approximate surface area is 102 Å². The molecule has 4 heteroatoms. The minimum atomic E-state index is -0.409. The molecule has 1 aromatic heterocycles. The molecule has 0 aromatic carbocycles. The van der Waals surface area contributed by atoms with E-state index in [1.54, 1.807) is 19.2 Å². The molecule has 17 heavy (non-hydrogen) atoms. The van der Waals surface area contributed by atoms with Crippen LogP contribution in [0.15, 0.2) is 31.6 Å². The first-order valence-electron chi connectivity index (χ1n) is 5.55. The van der Waals surface area contributed by atoms with Crippen LogP contribution in [0.4, 0.5) is 0 Å². The van der Waals surface area contributed by atoms with Gasteiger partial charge in [0.2, 0.25) is 0 Å². The number of hydrogen-bond donors (Lipinski definition) is 0. The van der Waals surface area contributed by atoms with E-state index in [4.69, 9.17) is 4.74 Å². The van der Waals surface area contributed by atoms with Gasteiger partial charge in [0.15, 0.2) is 0 Å². The van der Waals surface area contributed by atoms with Crippen LogP contribution in [-0.4, -0.2) is 22.1 Å². The van der Waals surface area contributed by atoms with Crippen molar-refractivity contribution in [2.45, 2.75) is 13.3 Å². The van der Waals surface area contributed by atoms with Crippen molar-refractivity contribution in [2.75, 3.05) is 6.61 Å². The summed E-state index contributed by atoms with van der Waals surface area (Å²) in [6.07, 6.45) is 5.69. The van der Waals surface area contributed by atoms with E-state index in [-0.39, 0.29) is 5.97 Å². The van der Waals surface area contributed by atoms with Gasteiger partial charge in [0.25, 0.3) is 0 Å². The van der Waals surface area contributed by atoms with Gasteiger partial charge in [-0.2, -0.15) is 0 Å². The Kier molecular flexibility index (Phi) is 4.69. The number of carbonyl (C=O) groups excluding carboxylic acids is 1. The van der Waals surface area contributed by atoms with Crippen molar-refractivity contribution in [1.82, 2.24) is 9.55 Å². The number of aryl methyl sites for hydroxylation is 1. The highest BCUT2D eigenvalue weighted by Crippen LogP contribution is 2.24. The third kappa shape index (κ3) is 3.06. The van der Waals surface area contributed by atoms with Crippen LogP contribution in [0.25, 0.3) is 5.57 Å². The highest BCUT2D eigenvalue weighted by Gasteiger charge is 2.24. The lowest BCUT2D eigenvalue weighted by atomic mass is 9.96. The SMILES string of the molecule is C=CCC(C(=C)c1nccn1C)C(=O)OCC. The largest absolute Gasteiger partial charge is 0.466 e. The van der Waals surface area contributed by atoms with Crippen molar-refractivity contribution in [3.05, 3.63) is 37.5 Å². The van der Waals surface area contributed by atoms with E-state index in [0.29, 0.717) is 24.4 Å². The monoisotopic (exact) mass is 234 g/mol. The lowest BCUT2D eigenvalue weighted by Crippen LogP contribution is -2.19. The van der Waals surface area contributed by atoms with Crippen molar-refractivity contribution in [3.63, 3.8) is 0 Å². The quantitative estimate of drug-likeness (QED) is 0.560. The van der Waals surface area contributed by atoms with Gasteiger partial charge in [-0.15, -0.1) is 6.58 Å². The van der Waals surface area contributed by atoms with Crippen molar-refractivity contribution >= 4 is 11.5 Å². The van der Waals surface area contributed by atoms with Gasteiger partial charge in [-0.25, -0.2) is 4.98 Å². The molecular weight excluding hydrogens is 216 g/mol. The zero-order valence-corrected chi connectivity index (χ0v) is 10.3. The van der Waals surface area contributed by atoms with Gasteiger partial charge in [0.05, 0.1) is 12.5 Å². The topological polar surface area (TPSA) is 44.1 Å². The van der Waals surface area contributed by atoms with Crippen LogP contribution in [0.3, 0.4) is 0 Å². The smallest absolute Gasteiger partial charge is 0.313 e. The van der Waals surface area contributed by atoms with Crippen LogP contribution >= 0.6 is 0 Å². The lowest BCUT2D eigenvalue weighted by molar-refractivity contribution is -0.145. The second kappa shape index (κ2) is 6.03. The van der Waals surface area contributed by atoms with Gasteiger partial charge >= 0.3 is 5.97 Å². The van der Waals surface area contributed by atoms with Crippen LogP contribution in [-0.2, 0) is 16.6 Å². The van der Waals surface area contributed by atoms with E-state index < -0.39 is 5.92 Å². The van der Waals surface area contributed by atoms with E-state index in [0.717, 1.165) is 0 Å². The Morgan fingerprint density at radius 2 is 2.41 bits per heavy atom. The summed E-state index contributed by atoms with van der Waals surface area (Å²) in [7, 11) is 1.86. The first-order valence-corrected chi connectivity index (χ1v) is 5.55. The summed E-state index contributed by atoms with van der Waals surface area (Å²) in [6.45, 7) is 9.75. The van der Waals surface area contributed by atoms with E-state index in [1.807, 2.05) is 17.8 Å². The molecule has 0 saturated heterocycles. The van der Waals surface area contributed by atoms with E-state index in [2.05, 4.69) is 18.1 Å². The molecule has 1 heterocycles. The average Bonchev–Trinajstić information content (AvgIpc) is 2.71. The van der Waals surface area contributed by atoms with Crippen LogP contribution in [0.2, 0.25) is 0 Å². The molecule has 0 bridgehead atoms. The minimum Gasteiger partial charge on any atom is -0.466 e. The number of imidazole rings is 1. The van der Waals surface area contributed by atoms with Crippen LogP contribution < -0.4 is 0 Å². The van der Waals surface area contributed by atoms with Gasteiger partial charge in [-0.1, -0.05) is 12.7 Å². The second-order valence-corrected chi connectivity index (χ2v) is 3.72. The van der Waals surface area contributed by atoms with Crippen molar-refractivity contribution in [1.29, 1.82) is 0 Å². The number of rotatable bonds is 6. The zero-order valence-electron chi connectivity index (χ0n) is 10.3. The van der Waals surface area contributed by atoms with E-state index >= 15 is 0 Å². The number of hydrogen-bond acceptors (Lipinski definition) is 3. The first kappa shape index (κ1) is 13.2. The van der Waals surface area contributed by atoms with Gasteiger partial charge < -0.3 is 9.30 Å². The molecule has 0 fully saturated rings. The summed E-state index contributed by atoms with van der Waals surface area (Å²) in [5.74, 6) is 0.0128. The number of nitrogens with zero attached hydrogens (tertiary/aromatic N) is 2. The predicted molar refractivity (Wildman–Crippen MR) is 67.2 cm³/mol. The molecule has 1 unspecified atom stereocenters. The molecule has 92 valence electrons. The molecular formula is C13H18N2O2. The van der Waals surface area contributed by atoms with Crippen molar-refractivity contribution in [2.24, 2.45) is 13.0 Å². The summed E-state index contributed by atoms with van der Waals surface area (Å²) in [5, 5.41) is 0. The summed E-state index contributed by atoms with van der Waals surface area (Å²) in [5.41, 5.74) is 0.663. The second-order valence-electron chi connectivity index (χ2n) is 3.72. The van der Waals surface area contributed by atoms with Crippen LogP contribution in [0.1, 0.15) is 19.2 Å². The Morgan fingerprint density at radius 3 is 2.88 bits per heavy atom. The Hall–Kier alpha value is -1.84. The van der Waals surface area contributed by atoms with E-state index in [1.165, 1.54) is 0 Å². The summed E-state index contributed by atoms with van der Waals surface area (Å²) in [4.78, 5) is 16.0. The van der Waals surface area contributed by atoms with Crippen LogP contribution in [0.5, 0.6) is 0 Å². The highest BCUT2D eigenvalue weighted by atomic mass is 16.5. The molecule has 0 aliphatic rings. The standard InChI is InChI=1S/C13H18N2O2/c1-5-7-11(13(16)17-6-2)10(3)12-14-8-9-15(12)4/h5,8-9,11H,1,3,6-7H2,2,4H3. The fraction of sp³-hybridized carbons (Fsp3) is 0.385. The molecule has 0 aliphatic heterocycles. The van der Waals surface area contributed by atoms with Crippen LogP contribution in [0, 0.1) is 5.92 Å². The first-order chi connectivity index (χ1) is 8.11. The Morgan fingerprint density at radius 1 is 1.71 bits per heavy atom. The third-order valence-electron chi connectivity index (χ3n) is 2.50. The number of ether oxygens (including phenoxy) is 1. The zero-order chi connectivity index (χ0) is 12.8. The number of carbonyl (C=O) groups is 1. The van der Waals surface area contributed by atoms with Crippen molar-refractivity contribution < 1.29 is 9.53 Å². The highest BCUT2D eigenvalue weighted by molar-refractivity contribution is 5.86. The summed E-state index contributed by atoms with van der Waals surface area (Å²) in [6, 6.07) is 0. The molecule has 0 amide bonds. The van der Waals surface area contributed by atoms with Crippen molar-refractivity contribution in [3.8, 4) is 0 Å². The predicted octanol–water partition coefficient (Wildman–Crippen LogP) is 2.19. The van der Waals surface area contributed by atoms with Gasteiger partial charge in [-0.3, -0.25) is 4.79 Å².